The average Bonchev–Trinajstić information content (AvgIpc) is 2.65. The van der Waals surface area contributed by atoms with Crippen molar-refractivity contribution in [1.82, 2.24) is 10.2 Å². The number of methoxy groups -OCH3 is 1. The number of nitrogens with zero attached hydrogens (tertiary/aromatic N) is 1. The predicted molar refractivity (Wildman–Crippen MR) is 72.9 cm³/mol. The highest BCUT2D eigenvalue weighted by Gasteiger charge is 2.43. The van der Waals surface area contributed by atoms with Crippen LogP contribution in [0.5, 0.6) is 0 Å². The van der Waals surface area contributed by atoms with Crippen molar-refractivity contribution < 1.29 is 14.6 Å². The van der Waals surface area contributed by atoms with Crippen molar-refractivity contribution in [1.29, 1.82) is 0 Å². The number of piperidine rings is 1. The molecule has 110 valence electrons. The number of nitrogens with one attached hydrogen (secondary N) is 1. The van der Waals surface area contributed by atoms with E-state index in [-0.39, 0.29) is 18.1 Å². The van der Waals surface area contributed by atoms with Crippen LogP contribution in [0.25, 0.3) is 0 Å². The van der Waals surface area contributed by atoms with Gasteiger partial charge in [0.2, 0.25) is 5.91 Å². The first-order valence-electron chi connectivity index (χ1n) is 7.35. The van der Waals surface area contributed by atoms with Crippen molar-refractivity contribution in [2.24, 2.45) is 0 Å². The number of aliphatic hydroxyl groups excluding tert-OH is 1. The highest BCUT2D eigenvalue weighted by atomic mass is 16.5. The molecule has 1 amide bonds. The van der Waals surface area contributed by atoms with Crippen LogP contribution in [0.15, 0.2) is 0 Å². The molecule has 0 spiro atoms. The standard InChI is InChI=1S/C14H26N2O3/c1-10(14(18)15-6-3-7-19-2)16-11-4-5-12(16)9-13(17)8-11/h10-13,17H,3-9H2,1-2H3,(H,15,18). The first-order valence-corrected chi connectivity index (χ1v) is 7.35. The van der Waals surface area contributed by atoms with Gasteiger partial charge in [-0.2, -0.15) is 0 Å². The number of fused-ring (bicyclic) bond motifs is 2. The molecular weight excluding hydrogens is 244 g/mol. The van der Waals surface area contributed by atoms with Gasteiger partial charge in [0.15, 0.2) is 0 Å². The molecule has 0 saturated carbocycles. The fourth-order valence-electron chi connectivity index (χ4n) is 3.53. The molecule has 2 heterocycles. The molecule has 19 heavy (non-hydrogen) atoms. The molecule has 0 aromatic rings. The predicted octanol–water partition coefficient (Wildman–Crippen LogP) is 0.515. The van der Waals surface area contributed by atoms with E-state index >= 15 is 0 Å². The lowest BCUT2D eigenvalue weighted by atomic mass is 9.98. The van der Waals surface area contributed by atoms with E-state index in [1.54, 1.807) is 7.11 Å². The van der Waals surface area contributed by atoms with Crippen LogP contribution >= 0.6 is 0 Å². The summed E-state index contributed by atoms with van der Waals surface area (Å²) in [7, 11) is 1.67. The molecule has 0 radical (unpaired) electrons. The first kappa shape index (κ1) is 14.8. The zero-order valence-electron chi connectivity index (χ0n) is 12.0. The quantitative estimate of drug-likeness (QED) is 0.691. The molecule has 2 N–H and O–H groups in total. The number of amides is 1. The third-order valence-electron chi connectivity index (χ3n) is 4.42. The van der Waals surface area contributed by atoms with Gasteiger partial charge in [0.1, 0.15) is 0 Å². The fraction of sp³-hybridized carbons (Fsp3) is 0.929. The summed E-state index contributed by atoms with van der Waals surface area (Å²) >= 11 is 0. The first-order chi connectivity index (χ1) is 9.13. The molecule has 5 heteroatoms. The molecule has 0 aromatic heterocycles. The van der Waals surface area contributed by atoms with Crippen molar-refractivity contribution in [3.8, 4) is 0 Å². The number of carbonyl (C=O) groups is 1. The minimum absolute atomic E-state index is 0.0902. The molecule has 3 unspecified atom stereocenters. The molecule has 0 aromatic carbocycles. The number of ether oxygens (including phenoxy) is 1. The minimum atomic E-state index is -0.175. The fourth-order valence-corrected chi connectivity index (χ4v) is 3.53. The van der Waals surface area contributed by atoms with E-state index < -0.39 is 0 Å². The van der Waals surface area contributed by atoms with Crippen LogP contribution in [0, 0.1) is 0 Å². The maximum atomic E-state index is 12.1. The van der Waals surface area contributed by atoms with E-state index in [0.717, 1.165) is 32.1 Å². The summed E-state index contributed by atoms with van der Waals surface area (Å²) in [4.78, 5) is 14.5. The molecule has 2 aliphatic heterocycles. The zero-order chi connectivity index (χ0) is 13.8. The third-order valence-corrected chi connectivity index (χ3v) is 4.42. The Hall–Kier alpha value is -0.650. The summed E-state index contributed by atoms with van der Waals surface area (Å²) in [6.45, 7) is 3.33. The molecule has 2 fully saturated rings. The summed E-state index contributed by atoms with van der Waals surface area (Å²) < 4.78 is 4.97. The van der Waals surface area contributed by atoms with Crippen molar-refractivity contribution >= 4 is 5.91 Å². The Morgan fingerprint density at radius 2 is 2.05 bits per heavy atom. The van der Waals surface area contributed by atoms with Gasteiger partial charge in [-0.25, -0.2) is 0 Å². The smallest absolute Gasteiger partial charge is 0.237 e. The lowest BCUT2D eigenvalue weighted by Gasteiger charge is -2.40. The van der Waals surface area contributed by atoms with Crippen molar-refractivity contribution in [3.05, 3.63) is 0 Å². The Labute approximate surface area is 115 Å². The molecular formula is C14H26N2O3. The average molecular weight is 270 g/mol. The highest BCUT2D eigenvalue weighted by Crippen LogP contribution is 2.37. The topological polar surface area (TPSA) is 61.8 Å². The van der Waals surface area contributed by atoms with Crippen LogP contribution < -0.4 is 5.32 Å². The SMILES string of the molecule is COCCCNC(=O)C(C)N1C2CCC1CC(O)C2. The maximum absolute atomic E-state index is 12.1. The number of aliphatic hydroxyl groups is 1. The second-order valence-electron chi connectivity index (χ2n) is 5.77. The summed E-state index contributed by atoms with van der Waals surface area (Å²) in [6, 6.07) is 0.675. The van der Waals surface area contributed by atoms with Crippen molar-refractivity contribution in [2.45, 2.75) is 63.3 Å². The Morgan fingerprint density at radius 3 is 2.63 bits per heavy atom. The Morgan fingerprint density at radius 1 is 1.42 bits per heavy atom. The van der Waals surface area contributed by atoms with E-state index in [1.165, 1.54) is 0 Å². The van der Waals surface area contributed by atoms with E-state index in [1.807, 2.05) is 6.92 Å². The van der Waals surface area contributed by atoms with E-state index in [9.17, 15) is 9.90 Å². The van der Waals surface area contributed by atoms with E-state index in [2.05, 4.69) is 10.2 Å². The van der Waals surface area contributed by atoms with Crippen LogP contribution in [0.1, 0.15) is 39.0 Å². The van der Waals surface area contributed by atoms with Crippen molar-refractivity contribution in [3.63, 3.8) is 0 Å². The van der Waals surface area contributed by atoms with Gasteiger partial charge < -0.3 is 15.2 Å². The van der Waals surface area contributed by atoms with Crippen LogP contribution in [0.4, 0.5) is 0 Å². The third kappa shape index (κ3) is 3.46. The lowest BCUT2D eigenvalue weighted by molar-refractivity contribution is -0.128. The van der Waals surface area contributed by atoms with Gasteiger partial charge in [-0.05, 0) is 39.0 Å². The lowest BCUT2D eigenvalue weighted by Crippen LogP contribution is -2.54. The second-order valence-corrected chi connectivity index (χ2v) is 5.77. The van der Waals surface area contributed by atoms with E-state index in [4.69, 9.17) is 4.74 Å². The van der Waals surface area contributed by atoms with E-state index in [0.29, 0.717) is 25.2 Å². The van der Waals surface area contributed by atoms with Crippen LogP contribution in [-0.2, 0) is 9.53 Å². The molecule has 2 bridgehead atoms. The summed E-state index contributed by atoms with van der Waals surface area (Å²) in [5.41, 5.74) is 0. The number of carbonyl (C=O) groups excluding carboxylic acids is 1. The molecule has 2 saturated heterocycles. The van der Waals surface area contributed by atoms with Gasteiger partial charge in [-0.15, -0.1) is 0 Å². The number of hydrogen-bond donors (Lipinski definition) is 2. The zero-order valence-corrected chi connectivity index (χ0v) is 12.0. The monoisotopic (exact) mass is 270 g/mol. The van der Waals surface area contributed by atoms with Crippen LogP contribution in [0.3, 0.4) is 0 Å². The van der Waals surface area contributed by atoms with Gasteiger partial charge in [0.05, 0.1) is 12.1 Å². The minimum Gasteiger partial charge on any atom is -0.393 e. The largest absolute Gasteiger partial charge is 0.393 e. The number of rotatable bonds is 6. The highest BCUT2D eigenvalue weighted by molar-refractivity contribution is 5.81. The normalized spacial score (nSPS) is 32.3. The van der Waals surface area contributed by atoms with Gasteiger partial charge in [0.25, 0.3) is 0 Å². The summed E-state index contributed by atoms with van der Waals surface area (Å²) in [6.07, 6.45) is 4.54. The molecule has 2 aliphatic rings. The van der Waals surface area contributed by atoms with Crippen LogP contribution in [0.2, 0.25) is 0 Å². The van der Waals surface area contributed by atoms with Gasteiger partial charge in [-0.1, -0.05) is 0 Å². The summed E-state index contributed by atoms with van der Waals surface area (Å²) in [5.74, 6) is 0.101. The van der Waals surface area contributed by atoms with Crippen LogP contribution in [-0.4, -0.2) is 60.4 Å². The maximum Gasteiger partial charge on any atom is 0.237 e. The van der Waals surface area contributed by atoms with Crippen molar-refractivity contribution in [2.75, 3.05) is 20.3 Å². The van der Waals surface area contributed by atoms with Gasteiger partial charge in [0, 0.05) is 32.3 Å². The molecule has 2 rings (SSSR count). The summed E-state index contributed by atoms with van der Waals surface area (Å²) in [5, 5.41) is 12.8. The van der Waals surface area contributed by atoms with Gasteiger partial charge in [-0.3, -0.25) is 9.69 Å². The molecule has 5 nitrogen and oxygen atoms in total. The molecule has 0 aliphatic carbocycles. The number of hydrogen-bond acceptors (Lipinski definition) is 4. The van der Waals surface area contributed by atoms with Gasteiger partial charge >= 0.3 is 0 Å². The Kier molecular flexibility index (Phi) is 5.19. The molecule has 3 atom stereocenters. The second kappa shape index (κ2) is 6.68. The Bertz CT molecular complexity index is 297. The Balaban J connectivity index is 1.82.